The molecule has 0 aliphatic carbocycles. The lowest BCUT2D eigenvalue weighted by atomic mass is 9.98. The Balaban J connectivity index is 2.25. The van der Waals surface area contributed by atoms with Crippen molar-refractivity contribution in [2.75, 3.05) is 6.54 Å². The highest BCUT2D eigenvalue weighted by molar-refractivity contribution is 9.10. The van der Waals surface area contributed by atoms with Gasteiger partial charge in [0.15, 0.2) is 0 Å². The summed E-state index contributed by atoms with van der Waals surface area (Å²) >= 11 is 9.61. The lowest BCUT2D eigenvalue weighted by Crippen LogP contribution is -2.24. The van der Waals surface area contributed by atoms with Crippen LogP contribution in [0.2, 0.25) is 5.02 Å². The van der Waals surface area contributed by atoms with E-state index in [1.807, 2.05) is 18.2 Å². The van der Waals surface area contributed by atoms with Crippen molar-refractivity contribution in [3.63, 3.8) is 0 Å². The molecule has 1 unspecified atom stereocenters. The molecule has 1 nitrogen and oxygen atoms in total. The van der Waals surface area contributed by atoms with Gasteiger partial charge in [-0.3, -0.25) is 0 Å². The maximum Gasteiger partial charge on any atom is 0.123 e. The van der Waals surface area contributed by atoms with Crippen LogP contribution in [-0.2, 0) is 6.42 Å². The van der Waals surface area contributed by atoms with Gasteiger partial charge in [0.1, 0.15) is 5.82 Å². The maximum absolute atomic E-state index is 13.4. The Morgan fingerprint density at radius 2 is 2.05 bits per heavy atom. The summed E-state index contributed by atoms with van der Waals surface area (Å²) in [6.07, 6.45) is 1.77. The van der Waals surface area contributed by atoms with E-state index in [2.05, 4.69) is 34.2 Å². The van der Waals surface area contributed by atoms with Gasteiger partial charge in [-0.15, -0.1) is 0 Å². The van der Waals surface area contributed by atoms with Gasteiger partial charge in [0.25, 0.3) is 0 Å². The SMILES string of the molecule is CCCNC(Cc1cccc(F)c1)c1cc(Cl)cc(Br)c1. The molecule has 0 fully saturated rings. The minimum absolute atomic E-state index is 0.113. The fraction of sp³-hybridized carbons (Fsp3) is 0.294. The van der Waals surface area contributed by atoms with Crippen LogP contribution in [-0.4, -0.2) is 6.54 Å². The fourth-order valence-electron chi connectivity index (χ4n) is 2.30. The van der Waals surface area contributed by atoms with Crippen molar-refractivity contribution in [2.24, 2.45) is 0 Å². The van der Waals surface area contributed by atoms with E-state index in [0.29, 0.717) is 5.02 Å². The number of nitrogens with one attached hydrogen (secondary N) is 1. The third-order valence-corrected chi connectivity index (χ3v) is 3.93. The molecule has 21 heavy (non-hydrogen) atoms. The van der Waals surface area contributed by atoms with Crippen LogP contribution in [0.3, 0.4) is 0 Å². The summed E-state index contributed by atoms with van der Waals surface area (Å²) in [6, 6.07) is 12.7. The molecule has 0 saturated heterocycles. The molecule has 0 aliphatic heterocycles. The minimum atomic E-state index is -0.200. The number of hydrogen-bond donors (Lipinski definition) is 1. The topological polar surface area (TPSA) is 12.0 Å². The van der Waals surface area contributed by atoms with Crippen LogP contribution in [0.25, 0.3) is 0 Å². The molecule has 2 aromatic rings. The monoisotopic (exact) mass is 369 g/mol. The summed E-state index contributed by atoms with van der Waals surface area (Å²) in [5.74, 6) is -0.200. The Morgan fingerprint density at radius 1 is 1.24 bits per heavy atom. The molecule has 0 saturated carbocycles. The first-order valence-electron chi connectivity index (χ1n) is 7.02. The van der Waals surface area contributed by atoms with Crippen molar-refractivity contribution >= 4 is 27.5 Å². The molecule has 0 radical (unpaired) electrons. The number of halogens is 3. The van der Waals surface area contributed by atoms with Crippen molar-refractivity contribution in [3.05, 3.63) is 68.9 Å². The molecule has 0 bridgehead atoms. The Hall–Kier alpha value is -0.900. The van der Waals surface area contributed by atoms with E-state index in [0.717, 1.165) is 35.0 Å². The molecular weight excluding hydrogens is 353 g/mol. The van der Waals surface area contributed by atoms with E-state index in [4.69, 9.17) is 11.6 Å². The second-order valence-electron chi connectivity index (χ2n) is 5.04. The molecular formula is C17H18BrClFN. The summed E-state index contributed by atoms with van der Waals surface area (Å²) in [7, 11) is 0. The molecule has 1 N–H and O–H groups in total. The second-order valence-corrected chi connectivity index (χ2v) is 6.40. The molecule has 0 aromatic heterocycles. The van der Waals surface area contributed by atoms with Crippen LogP contribution in [0.4, 0.5) is 4.39 Å². The van der Waals surface area contributed by atoms with Gasteiger partial charge in [-0.2, -0.15) is 0 Å². The van der Waals surface area contributed by atoms with Crippen molar-refractivity contribution < 1.29 is 4.39 Å². The average molecular weight is 371 g/mol. The summed E-state index contributed by atoms with van der Waals surface area (Å²) in [5, 5.41) is 4.20. The Labute approximate surface area is 138 Å². The Kier molecular flexibility index (Phi) is 6.22. The van der Waals surface area contributed by atoms with Crippen LogP contribution < -0.4 is 5.32 Å². The van der Waals surface area contributed by atoms with Gasteiger partial charge >= 0.3 is 0 Å². The molecule has 2 aromatic carbocycles. The van der Waals surface area contributed by atoms with E-state index in [-0.39, 0.29) is 11.9 Å². The molecule has 0 spiro atoms. The van der Waals surface area contributed by atoms with Gasteiger partial charge < -0.3 is 5.32 Å². The zero-order valence-corrected chi connectivity index (χ0v) is 14.2. The Morgan fingerprint density at radius 3 is 2.71 bits per heavy atom. The molecule has 112 valence electrons. The first kappa shape index (κ1) is 16.5. The van der Waals surface area contributed by atoms with E-state index < -0.39 is 0 Å². The fourth-order valence-corrected chi connectivity index (χ4v) is 3.19. The van der Waals surface area contributed by atoms with Crippen LogP contribution in [0.5, 0.6) is 0 Å². The molecule has 2 rings (SSSR count). The molecule has 1 atom stereocenters. The van der Waals surface area contributed by atoms with Gasteiger partial charge in [-0.25, -0.2) is 4.39 Å². The van der Waals surface area contributed by atoms with E-state index in [1.54, 1.807) is 12.1 Å². The van der Waals surface area contributed by atoms with Gasteiger partial charge in [0.2, 0.25) is 0 Å². The molecule has 4 heteroatoms. The predicted octanol–water partition coefficient (Wildman–Crippen LogP) is 5.53. The molecule has 0 aliphatic rings. The van der Waals surface area contributed by atoms with E-state index in [9.17, 15) is 4.39 Å². The Bertz CT molecular complexity index is 583. The summed E-state index contributed by atoms with van der Waals surface area (Å²) < 4.78 is 14.3. The van der Waals surface area contributed by atoms with Crippen LogP contribution in [0.1, 0.15) is 30.5 Å². The van der Waals surface area contributed by atoms with Gasteiger partial charge in [0, 0.05) is 15.5 Å². The van der Waals surface area contributed by atoms with Crippen molar-refractivity contribution in [2.45, 2.75) is 25.8 Å². The third kappa shape index (κ3) is 5.10. The van der Waals surface area contributed by atoms with E-state index >= 15 is 0 Å². The van der Waals surface area contributed by atoms with Crippen molar-refractivity contribution in [1.82, 2.24) is 5.32 Å². The maximum atomic E-state index is 13.4. The standard InChI is InChI=1S/C17H18BrClFN/c1-2-6-21-17(8-12-4-3-5-16(20)7-12)13-9-14(18)11-15(19)10-13/h3-5,7,9-11,17,21H,2,6,8H2,1H3. The van der Waals surface area contributed by atoms with Crippen LogP contribution in [0.15, 0.2) is 46.9 Å². The van der Waals surface area contributed by atoms with Crippen LogP contribution >= 0.6 is 27.5 Å². The second kappa shape index (κ2) is 7.92. The summed E-state index contributed by atoms with van der Waals surface area (Å²) in [5.41, 5.74) is 2.08. The number of rotatable bonds is 6. The third-order valence-electron chi connectivity index (χ3n) is 3.26. The number of benzene rings is 2. The quantitative estimate of drug-likeness (QED) is 0.705. The van der Waals surface area contributed by atoms with Crippen molar-refractivity contribution in [3.8, 4) is 0 Å². The minimum Gasteiger partial charge on any atom is -0.310 e. The lowest BCUT2D eigenvalue weighted by molar-refractivity contribution is 0.527. The van der Waals surface area contributed by atoms with Crippen molar-refractivity contribution in [1.29, 1.82) is 0 Å². The van der Waals surface area contributed by atoms with Gasteiger partial charge in [0.05, 0.1) is 0 Å². The summed E-state index contributed by atoms with van der Waals surface area (Å²) in [4.78, 5) is 0. The van der Waals surface area contributed by atoms with E-state index in [1.165, 1.54) is 6.07 Å². The highest BCUT2D eigenvalue weighted by atomic mass is 79.9. The highest BCUT2D eigenvalue weighted by Crippen LogP contribution is 2.26. The first-order chi connectivity index (χ1) is 10.1. The smallest absolute Gasteiger partial charge is 0.123 e. The van der Waals surface area contributed by atoms with Crippen LogP contribution in [0, 0.1) is 5.82 Å². The largest absolute Gasteiger partial charge is 0.310 e. The summed E-state index contributed by atoms with van der Waals surface area (Å²) in [6.45, 7) is 3.03. The lowest BCUT2D eigenvalue weighted by Gasteiger charge is -2.20. The molecule has 0 amide bonds. The first-order valence-corrected chi connectivity index (χ1v) is 8.19. The highest BCUT2D eigenvalue weighted by Gasteiger charge is 2.13. The van der Waals surface area contributed by atoms with Gasteiger partial charge in [-0.05, 0) is 60.8 Å². The average Bonchev–Trinajstić information content (AvgIpc) is 2.42. The zero-order chi connectivity index (χ0) is 15.2. The van der Waals surface area contributed by atoms with Gasteiger partial charge in [-0.1, -0.05) is 46.6 Å². The number of hydrogen-bond acceptors (Lipinski definition) is 1. The predicted molar refractivity (Wildman–Crippen MR) is 90.3 cm³/mol. The zero-order valence-electron chi connectivity index (χ0n) is 11.9. The normalized spacial score (nSPS) is 12.4. The molecule has 0 heterocycles.